The number of hydrogen-bond acceptors (Lipinski definition) is 0. The molecular formula is C31H26N2. The van der Waals surface area contributed by atoms with Crippen LogP contribution < -0.4 is 0 Å². The number of benzene rings is 4. The highest BCUT2D eigenvalue weighted by atomic mass is 15.0. The molecule has 0 aliphatic rings. The standard InChI is InChI=1S/C31H26N2/c1-31(2,29-21-23-13-9-11-19-27(23)32(29)25-15-5-3-6-16-25)30-22-24-14-10-12-20-28(24)33(30)26-17-7-4-8-18-26/h3-22H,1-2H3/i3D,4D,5D,6D,7D,8D,9D,10D,11D,12D,13D,14D,15D,16D,17D,18D,19D,20D,21D,22D. The zero-order valence-electron chi connectivity index (χ0n) is 37.4. The number of fused-ring (bicyclic) bond motifs is 2. The van der Waals surface area contributed by atoms with Gasteiger partial charge in [0.2, 0.25) is 0 Å². The first-order chi connectivity index (χ1) is 24.5. The molecule has 33 heavy (non-hydrogen) atoms. The lowest BCUT2D eigenvalue weighted by Crippen LogP contribution is -2.25. The Labute approximate surface area is 222 Å². The second-order valence-electron chi connectivity index (χ2n) is 7.64. The summed E-state index contributed by atoms with van der Waals surface area (Å²) < 4.78 is 175. The number of hydrogen-bond donors (Lipinski definition) is 0. The van der Waals surface area contributed by atoms with Crippen LogP contribution >= 0.6 is 0 Å². The Hall–Kier alpha value is -4.04. The van der Waals surface area contributed by atoms with Crippen molar-refractivity contribution < 1.29 is 27.4 Å². The predicted octanol–water partition coefficient (Wildman–Crippen LogP) is 7.90. The Kier molecular flexibility index (Phi) is 1.77. The van der Waals surface area contributed by atoms with E-state index in [0.717, 1.165) is 9.13 Å². The van der Waals surface area contributed by atoms with E-state index in [0.29, 0.717) is 0 Å². The van der Waals surface area contributed by atoms with Crippen LogP contribution in [0.25, 0.3) is 33.2 Å². The summed E-state index contributed by atoms with van der Waals surface area (Å²) in [4.78, 5) is 0. The highest BCUT2D eigenvalue weighted by Crippen LogP contribution is 2.40. The summed E-state index contributed by atoms with van der Waals surface area (Å²) in [7, 11) is 0. The third kappa shape index (κ3) is 3.10. The number of rotatable bonds is 4. The van der Waals surface area contributed by atoms with Gasteiger partial charge in [0.1, 0.15) is 0 Å². The molecule has 0 fully saturated rings. The fourth-order valence-electron chi connectivity index (χ4n) is 3.84. The zero-order chi connectivity index (χ0) is 39.8. The minimum absolute atomic E-state index is 0.404. The molecule has 2 heterocycles. The molecule has 2 aromatic heterocycles. The van der Waals surface area contributed by atoms with Gasteiger partial charge in [0.15, 0.2) is 0 Å². The molecule has 0 aliphatic heterocycles. The Bertz CT molecular complexity index is 2410. The lowest BCUT2D eigenvalue weighted by Gasteiger charge is -2.29. The van der Waals surface area contributed by atoms with E-state index in [-0.39, 0.29) is 0 Å². The smallest absolute Gasteiger partial charge is 0.0649 e. The van der Waals surface area contributed by atoms with Gasteiger partial charge in [-0.3, -0.25) is 0 Å². The third-order valence-corrected chi connectivity index (χ3v) is 5.32. The molecule has 0 amide bonds. The molecule has 2 heteroatoms. The Balaban J connectivity index is 1.97. The van der Waals surface area contributed by atoms with E-state index in [2.05, 4.69) is 0 Å². The molecule has 0 saturated heterocycles. The molecule has 6 rings (SSSR count). The monoisotopic (exact) mass is 446 g/mol. The molecule has 0 aliphatic carbocycles. The van der Waals surface area contributed by atoms with E-state index in [1.54, 1.807) is 0 Å². The van der Waals surface area contributed by atoms with Crippen LogP contribution in [0.15, 0.2) is 121 Å². The van der Waals surface area contributed by atoms with Crippen LogP contribution in [-0.2, 0) is 5.41 Å². The van der Waals surface area contributed by atoms with E-state index in [4.69, 9.17) is 24.7 Å². The normalized spacial score (nSPS) is 20.4. The highest BCUT2D eigenvalue weighted by molar-refractivity contribution is 5.86. The summed E-state index contributed by atoms with van der Waals surface area (Å²) in [6, 6.07) is -15.5. The molecular weight excluding hydrogens is 400 g/mol. The molecule has 4 aromatic carbocycles. The maximum atomic E-state index is 9.44. The van der Waals surface area contributed by atoms with Gasteiger partial charge >= 0.3 is 0 Å². The van der Waals surface area contributed by atoms with Crippen molar-refractivity contribution in [3.8, 4) is 11.4 Å². The molecule has 0 radical (unpaired) electrons. The van der Waals surface area contributed by atoms with Gasteiger partial charge in [-0.25, -0.2) is 0 Å². The number of nitrogens with zero attached hydrogens (tertiary/aromatic N) is 2. The minimum atomic E-state index is -2.02. The first kappa shape index (κ1) is 7.78. The van der Waals surface area contributed by atoms with E-state index in [9.17, 15) is 2.74 Å². The summed E-state index contributed by atoms with van der Waals surface area (Å²) in [5.41, 5.74) is -5.03. The minimum Gasteiger partial charge on any atom is -0.313 e. The Morgan fingerprint density at radius 3 is 1.30 bits per heavy atom. The van der Waals surface area contributed by atoms with Gasteiger partial charge in [0, 0.05) is 39.0 Å². The predicted molar refractivity (Wildman–Crippen MR) is 139 cm³/mol. The van der Waals surface area contributed by atoms with Crippen LogP contribution in [0.1, 0.15) is 52.7 Å². The van der Waals surface area contributed by atoms with Crippen molar-refractivity contribution in [2.24, 2.45) is 0 Å². The summed E-state index contributed by atoms with van der Waals surface area (Å²) in [6.07, 6.45) is 0. The van der Waals surface area contributed by atoms with E-state index in [1.165, 1.54) is 13.8 Å². The number of para-hydroxylation sites is 4. The molecule has 6 aromatic rings. The Morgan fingerprint density at radius 1 is 0.515 bits per heavy atom. The quantitative estimate of drug-likeness (QED) is 0.260. The molecule has 160 valence electrons. The fraction of sp³-hybridized carbons (Fsp3) is 0.0968. The second-order valence-corrected chi connectivity index (χ2v) is 7.64. The Morgan fingerprint density at radius 2 is 0.879 bits per heavy atom. The van der Waals surface area contributed by atoms with Gasteiger partial charge in [-0.2, -0.15) is 0 Å². The van der Waals surface area contributed by atoms with Crippen LogP contribution in [0.4, 0.5) is 0 Å². The molecule has 0 saturated carbocycles. The first-order valence-electron chi connectivity index (χ1n) is 19.8. The van der Waals surface area contributed by atoms with E-state index < -0.39 is 171 Å². The maximum Gasteiger partial charge on any atom is 0.0649 e. The van der Waals surface area contributed by atoms with Crippen LogP contribution in [0.2, 0.25) is 0 Å². The molecule has 0 unspecified atom stereocenters. The maximum absolute atomic E-state index is 9.44. The largest absolute Gasteiger partial charge is 0.313 e. The third-order valence-electron chi connectivity index (χ3n) is 5.32. The van der Waals surface area contributed by atoms with Crippen LogP contribution in [0.3, 0.4) is 0 Å². The fourth-order valence-corrected chi connectivity index (χ4v) is 3.84. The van der Waals surface area contributed by atoms with Gasteiger partial charge in [0.25, 0.3) is 0 Å². The van der Waals surface area contributed by atoms with Gasteiger partial charge in [-0.05, 0) is 62.2 Å². The molecule has 0 bridgehead atoms. The zero-order valence-corrected chi connectivity index (χ0v) is 17.4. The lowest BCUT2D eigenvalue weighted by atomic mass is 9.84. The van der Waals surface area contributed by atoms with Crippen molar-refractivity contribution >= 4 is 21.8 Å². The molecule has 0 atom stereocenters. The topological polar surface area (TPSA) is 9.86 Å². The number of aromatic nitrogens is 2. The summed E-state index contributed by atoms with van der Waals surface area (Å²) >= 11 is 0. The summed E-state index contributed by atoms with van der Waals surface area (Å²) in [5, 5.41) is -0.876. The van der Waals surface area contributed by atoms with Crippen molar-refractivity contribution in [2.75, 3.05) is 0 Å². The van der Waals surface area contributed by atoms with Crippen LogP contribution in [0, 0.1) is 0 Å². The highest BCUT2D eigenvalue weighted by Gasteiger charge is 2.32. The lowest BCUT2D eigenvalue weighted by molar-refractivity contribution is 0.576. The summed E-state index contributed by atoms with van der Waals surface area (Å²) in [6.45, 7) is 2.69. The van der Waals surface area contributed by atoms with Gasteiger partial charge < -0.3 is 9.13 Å². The van der Waals surface area contributed by atoms with Crippen LogP contribution in [-0.4, -0.2) is 9.13 Å². The SMILES string of the molecule is [2H]c1c([2H])c([2H])c(-n2c(C(C)(C)c3c([2H])c4c([2H])c([2H])c([2H])c([2H])c4n3-c3c([2H])c([2H])c([2H])c([2H])c3[2H])c([2H])c3c([2H])c([2H])c([2H])c([2H])c32)c([2H])c1[2H]. The van der Waals surface area contributed by atoms with Crippen LogP contribution in [0.5, 0.6) is 0 Å². The van der Waals surface area contributed by atoms with Gasteiger partial charge in [0.05, 0.1) is 38.4 Å². The van der Waals surface area contributed by atoms with Crippen molar-refractivity contribution in [3.05, 3.63) is 132 Å². The first-order valence-corrected chi connectivity index (χ1v) is 9.84. The molecule has 0 N–H and O–H groups in total. The van der Waals surface area contributed by atoms with Crippen molar-refractivity contribution in [2.45, 2.75) is 19.3 Å². The van der Waals surface area contributed by atoms with Crippen molar-refractivity contribution in [1.29, 1.82) is 0 Å². The molecule has 2 nitrogen and oxygen atoms in total. The van der Waals surface area contributed by atoms with Crippen molar-refractivity contribution in [1.82, 2.24) is 9.13 Å². The van der Waals surface area contributed by atoms with E-state index in [1.807, 2.05) is 0 Å². The average molecular weight is 447 g/mol. The van der Waals surface area contributed by atoms with Gasteiger partial charge in [-0.15, -0.1) is 0 Å². The van der Waals surface area contributed by atoms with Crippen molar-refractivity contribution in [3.63, 3.8) is 0 Å². The second kappa shape index (κ2) is 7.53. The van der Waals surface area contributed by atoms with E-state index >= 15 is 0 Å². The average Bonchev–Trinajstić information content (AvgIpc) is 3.59. The molecule has 0 spiro atoms. The van der Waals surface area contributed by atoms with Gasteiger partial charge in [-0.1, -0.05) is 72.5 Å². The summed E-state index contributed by atoms with van der Waals surface area (Å²) in [5.74, 6) is 0.